The van der Waals surface area contributed by atoms with Gasteiger partial charge in [-0.05, 0) is 81.2 Å². The summed E-state index contributed by atoms with van der Waals surface area (Å²) >= 11 is 0. The predicted octanol–water partition coefficient (Wildman–Crippen LogP) is 3.44. The number of alkyl halides is 2. The fourth-order valence-corrected chi connectivity index (χ4v) is 8.70. The molecule has 3 N–H and O–H groups in total. The number of benzene rings is 2. The number of terminal acetylenes is 1. The van der Waals surface area contributed by atoms with E-state index < -0.39 is 29.4 Å². The smallest absolute Gasteiger partial charge is 0.410 e. The highest BCUT2D eigenvalue weighted by molar-refractivity contribution is 6.01. The average molecular weight is 635 g/mol. The highest BCUT2D eigenvalue weighted by Gasteiger charge is 2.53. The van der Waals surface area contributed by atoms with Crippen molar-refractivity contribution in [2.45, 2.75) is 62.4 Å². The van der Waals surface area contributed by atoms with Gasteiger partial charge in [0.25, 0.3) is 0 Å². The molecule has 3 aromatic rings. The van der Waals surface area contributed by atoms with Crippen LogP contribution in [0.4, 0.5) is 17.6 Å². The number of phenols is 1. The molecule has 6 heterocycles. The molecule has 6 atom stereocenters. The number of fused-ring (bicyclic) bond motifs is 5. The second-order valence-electron chi connectivity index (χ2n) is 13.3. The number of rotatable bonds is 5. The number of nitrogens with two attached hydrogens (primary N) is 1. The maximum absolute atomic E-state index is 17.3. The molecule has 8 rings (SSSR count). The first-order valence-electron chi connectivity index (χ1n) is 15.8. The van der Waals surface area contributed by atoms with Gasteiger partial charge in [0.2, 0.25) is 0 Å². The number of hydrogen-bond donors (Lipinski definition) is 2. The van der Waals surface area contributed by atoms with Gasteiger partial charge in [-0.1, -0.05) is 12.0 Å². The Morgan fingerprint density at radius 2 is 2.00 bits per heavy atom. The van der Waals surface area contributed by atoms with Gasteiger partial charge in [-0.2, -0.15) is 9.38 Å². The van der Waals surface area contributed by atoms with Gasteiger partial charge in [0, 0.05) is 40.9 Å². The lowest BCUT2D eigenvalue weighted by atomic mass is 9.88. The molecule has 8 nitrogen and oxygen atoms in total. The molecule has 0 saturated carbocycles. The minimum absolute atomic E-state index is 0.0296. The standard InChI is InChI=1S/C34H34F4N6O2/c1-2-23-26(36)7-6-20-13-22(45)14-24(27(20)23)29-28(37)30-25(16-40-29)32(31-19-5-3-10-42(31)12-8-19)44(39)34(38,41-30)46-18-33-9-4-11-43(33)17-21(35)15-33/h1,6-7,13-14,16,19,21,31,45H,3-5,8-12,15,17-18,39H2/t19-,21-,31?,33+,34+/m1/s1. The lowest BCUT2D eigenvalue weighted by molar-refractivity contribution is -0.239. The molecule has 0 radical (unpaired) electrons. The average Bonchev–Trinajstić information content (AvgIpc) is 3.63. The topological polar surface area (TPSA) is 90.5 Å². The molecule has 240 valence electrons. The van der Waals surface area contributed by atoms with Gasteiger partial charge in [0.05, 0.1) is 23.9 Å². The Bertz CT molecular complexity index is 1920. The lowest BCUT2D eigenvalue weighted by Crippen LogP contribution is -2.62. The first kappa shape index (κ1) is 29.6. The van der Waals surface area contributed by atoms with E-state index in [2.05, 4.69) is 20.8 Å². The van der Waals surface area contributed by atoms with Crippen molar-refractivity contribution in [3.8, 4) is 29.4 Å². The maximum atomic E-state index is 17.3. The van der Waals surface area contributed by atoms with Gasteiger partial charge in [0.1, 0.15) is 28.8 Å². The van der Waals surface area contributed by atoms with E-state index in [0.29, 0.717) is 24.0 Å². The Hall–Kier alpha value is -3.76. The Balaban J connectivity index is 1.33. The van der Waals surface area contributed by atoms with Crippen LogP contribution in [0.5, 0.6) is 5.75 Å². The van der Waals surface area contributed by atoms with E-state index >= 15 is 8.78 Å². The third-order valence-corrected chi connectivity index (χ3v) is 10.7. The highest BCUT2D eigenvalue weighted by atomic mass is 19.2. The number of aromatic nitrogens is 1. The van der Waals surface area contributed by atoms with Crippen molar-refractivity contribution in [3.63, 3.8) is 0 Å². The molecular formula is C34H34F4N6O2. The van der Waals surface area contributed by atoms with Gasteiger partial charge >= 0.3 is 6.10 Å². The number of phenolic OH excluding ortho intramolecular Hbond substituents is 1. The van der Waals surface area contributed by atoms with E-state index in [4.69, 9.17) is 17.0 Å². The molecule has 2 aromatic carbocycles. The molecule has 2 unspecified atom stereocenters. The number of hydrazine groups is 1. The van der Waals surface area contributed by atoms with Crippen molar-refractivity contribution >= 4 is 16.5 Å². The van der Waals surface area contributed by atoms with Crippen LogP contribution in [-0.2, 0) is 4.74 Å². The summed E-state index contributed by atoms with van der Waals surface area (Å²) in [7, 11) is 0. The van der Waals surface area contributed by atoms with E-state index in [1.165, 1.54) is 30.5 Å². The Morgan fingerprint density at radius 1 is 1.15 bits per heavy atom. The van der Waals surface area contributed by atoms with Gasteiger partial charge in [-0.3, -0.25) is 14.8 Å². The number of aromatic hydroxyl groups is 1. The molecule has 12 heteroatoms. The Morgan fingerprint density at radius 3 is 2.80 bits per heavy atom. The van der Waals surface area contributed by atoms with Crippen LogP contribution in [0.25, 0.3) is 27.7 Å². The molecular weight excluding hydrogens is 600 g/mol. The summed E-state index contributed by atoms with van der Waals surface area (Å²) in [6, 6.07) is 4.93. The summed E-state index contributed by atoms with van der Waals surface area (Å²) in [5, 5.41) is 11.8. The summed E-state index contributed by atoms with van der Waals surface area (Å²) < 4.78 is 69.5. The number of nitrogens with zero attached hydrogens (tertiary/aromatic N) is 5. The SMILES string of the molecule is C#Cc1c(F)ccc2cc(O)cc(-c3ncc4c(c3F)=N[C@](F)(OC[C@@]35CCCN3C[C@H](F)C5)N(N)C=4C3[C@@H]4CCCN3CC4)c12. The molecule has 0 aliphatic carbocycles. The number of halogens is 4. The molecule has 0 spiro atoms. The second-order valence-corrected chi connectivity index (χ2v) is 13.3. The molecule has 1 aromatic heterocycles. The molecule has 0 amide bonds. The van der Waals surface area contributed by atoms with Gasteiger partial charge in [0.15, 0.2) is 5.82 Å². The second kappa shape index (κ2) is 10.6. The van der Waals surface area contributed by atoms with Gasteiger partial charge in [-0.25, -0.2) is 24.0 Å². The van der Waals surface area contributed by atoms with Crippen molar-refractivity contribution in [2.24, 2.45) is 16.8 Å². The lowest BCUT2D eigenvalue weighted by Gasteiger charge is -2.43. The molecule has 4 saturated heterocycles. The minimum Gasteiger partial charge on any atom is -0.508 e. The van der Waals surface area contributed by atoms with Crippen LogP contribution < -0.4 is 16.4 Å². The van der Waals surface area contributed by atoms with Crippen LogP contribution in [0.2, 0.25) is 0 Å². The number of hydrogen-bond acceptors (Lipinski definition) is 8. The van der Waals surface area contributed by atoms with Gasteiger partial charge < -0.3 is 9.84 Å². The summed E-state index contributed by atoms with van der Waals surface area (Å²) in [6.45, 7) is 2.34. The zero-order valence-corrected chi connectivity index (χ0v) is 25.2. The predicted molar refractivity (Wildman–Crippen MR) is 162 cm³/mol. The number of piperidine rings is 1. The van der Waals surface area contributed by atoms with E-state index in [0.717, 1.165) is 43.8 Å². The normalized spacial score (nSPS) is 32.0. The van der Waals surface area contributed by atoms with E-state index in [9.17, 15) is 13.9 Å². The Kier molecular flexibility index (Phi) is 6.85. The number of pyridine rings is 1. The molecule has 46 heavy (non-hydrogen) atoms. The molecule has 4 fully saturated rings. The fraction of sp³-hybridized carbons (Fsp3) is 0.471. The highest BCUT2D eigenvalue weighted by Crippen LogP contribution is 2.44. The van der Waals surface area contributed by atoms with Crippen molar-refractivity contribution < 1.29 is 27.4 Å². The monoisotopic (exact) mass is 634 g/mol. The van der Waals surface area contributed by atoms with Crippen LogP contribution in [0.3, 0.4) is 0 Å². The molecule has 5 aliphatic rings. The van der Waals surface area contributed by atoms with Crippen LogP contribution in [-0.4, -0.2) is 81.5 Å². The van der Waals surface area contributed by atoms with E-state index in [1.807, 2.05) is 4.90 Å². The summed E-state index contributed by atoms with van der Waals surface area (Å²) in [5.74, 6) is 7.18. The van der Waals surface area contributed by atoms with E-state index in [1.54, 1.807) is 0 Å². The van der Waals surface area contributed by atoms with Crippen molar-refractivity contribution in [3.05, 3.63) is 58.2 Å². The summed E-state index contributed by atoms with van der Waals surface area (Å²) in [6.07, 6.45) is 7.46. The van der Waals surface area contributed by atoms with Crippen LogP contribution in [0, 0.1) is 29.9 Å². The molecule has 2 bridgehead atoms. The Labute approximate surface area is 263 Å². The quantitative estimate of drug-likeness (QED) is 0.193. The first-order chi connectivity index (χ1) is 22.1. The largest absolute Gasteiger partial charge is 0.508 e. The minimum atomic E-state index is -3.01. The van der Waals surface area contributed by atoms with Crippen LogP contribution in [0.1, 0.15) is 44.1 Å². The van der Waals surface area contributed by atoms with Crippen molar-refractivity contribution in [1.29, 1.82) is 0 Å². The van der Waals surface area contributed by atoms with Crippen LogP contribution >= 0.6 is 0 Å². The first-order valence-corrected chi connectivity index (χ1v) is 15.8. The summed E-state index contributed by atoms with van der Waals surface area (Å²) in [5.41, 5.74) is -0.759. The third kappa shape index (κ3) is 4.36. The fourth-order valence-electron chi connectivity index (χ4n) is 8.70. The number of ether oxygens (including phenoxy) is 1. The third-order valence-electron chi connectivity index (χ3n) is 10.7. The molecule has 5 aliphatic heterocycles. The van der Waals surface area contributed by atoms with Crippen molar-refractivity contribution in [1.82, 2.24) is 19.8 Å². The zero-order valence-electron chi connectivity index (χ0n) is 25.2. The van der Waals surface area contributed by atoms with Gasteiger partial charge in [-0.15, -0.1) is 6.42 Å². The zero-order chi connectivity index (χ0) is 32.0. The summed E-state index contributed by atoms with van der Waals surface area (Å²) in [4.78, 5) is 12.8. The van der Waals surface area contributed by atoms with Crippen LogP contribution in [0.15, 0.2) is 35.5 Å². The maximum Gasteiger partial charge on any atom is 0.410 e. The van der Waals surface area contributed by atoms with Crippen molar-refractivity contribution in [2.75, 3.05) is 32.8 Å². The van der Waals surface area contributed by atoms with E-state index in [-0.39, 0.29) is 70.1 Å².